The number of hydrogen-bond donors (Lipinski definition) is 1. The van der Waals surface area contributed by atoms with Crippen LogP contribution in [0.4, 0.5) is 0 Å². The number of rotatable bonds is 0. The molecule has 0 amide bonds. The zero-order valence-corrected chi connectivity index (χ0v) is 5.80. The zero-order chi connectivity index (χ0) is 7.56. The number of hydrogen-bond acceptors (Lipinski definition) is 3. The molecule has 0 radical (unpaired) electrons. The normalized spacial score (nSPS) is 8.70. The second-order valence-corrected chi connectivity index (χ2v) is 2.04. The first-order valence-electron chi connectivity index (χ1n) is 2.48. The molecule has 1 aromatic heterocycles. The Kier molecular flexibility index (Phi) is 1.65. The molecule has 4 nitrogen and oxygen atoms in total. The van der Waals surface area contributed by atoms with Crippen molar-refractivity contribution in [1.29, 1.82) is 5.26 Å². The number of nitrogens with two attached hydrogens (primary N) is 1. The van der Waals surface area contributed by atoms with Crippen molar-refractivity contribution in [2.75, 3.05) is 0 Å². The largest absolute Gasteiger partial charge is 0.374 e. The quantitative estimate of drug-likeness (QED) is 0.525. The van der Waals surface area contributed by atoms with Crippen molar-refractivity contribution >= 4 is 17.3 Å². The molecule has 0 bridgehead atoms. The van der Waals surface area contributed by atoms with Crippen molar-refractivity contribution in [1.82, 2.24) is 9.78 Å². The Bertz CT molecular complexity index is 295. The number of nitriles is 1. The van der Waals surface area contributed by atoms with Gasteiger partial charge in [0, 0.05) is 0 Å². The van der Waals surface area contributed by atoms with Gasteiger partial charge >= 0.3 is 0 Å². The third-order valence-corrected chi connectivity index (χ3v) is 1.12. The Balaban J connectivity index is 3.02. The Morgan fingerprint density at radius 3 is 2.90 bits per heavy atom. The van der Waals surface area contributed by atoms with Gasteiger partial charge in [-0.25, -0.2) is 4.68 Å². The van der Waals surface area contributed by atoms with Crippen LogP contribution in [-0.2, 0) is 0 Å². The van der Waals surface area contributed by atoms with Gasteiger partial charge in [-0.15, -0.1) is 0 Å². The molecule has 50 valence electrons. The highest BCUT2D eigenvalue weighted by atomic mass is 32.1. The first-order valence-corrected chi connectivity index (χ1v) is 2.89. The Morgan fingerprint density at radius 1 is 1.90 bits per heavy atom. The van der Waals surface area contributed by atoms with Crippen molar-refractivity contribution in [2.45, 2.75) is 0 Å². The summed E-state index contributed by atoms with van der Waals surface area (Å²) in [6, 6.07) is 1.90. The van der Waals surface area contributed by atoms with Gasteiger partial charge in [0.15, 0.2) is 5.11 Å². The van der Waals surface area contributed by atoms with E-state index in [1.807, 2.05) is 6.07 Å². The van der Waals surface area contributed by atoms with Gasteiger partial charge in [-0.2, -0.15) is 10.4 Å². The van der Waals surface area contributed by atoms with Gasteiger partial charge in [0.1, 0.15) is 6.07 Å². The van der Waals surface area contributed by atoms with E-state index < -0.39 is 0 Å². The lowest BCUT2D eigenvalue weighted by Gasteiger charge is -1.91. The van der Waals surface area contributed by atoms with E-state index >= 15 is 0 Å². The highest BCUT2D eigenvalue weighted by Crippen LogP contribution is 1.92. The Labute approximate surface area is 62.9 Å². The van der Waals surface area contributed by atoms with Crippen LogP contribution in [0.2, 0.25) is 0 Å². The van der Waals surface area contributed by atoms with Gasteiger partial charge < -0.3 is 5.73 Å². The molecule has 0 aliphatic carbocycles. The Hall–Kier alpha value is -1.41. The summed E-state index contributed by atoms with van der Waals surface area (Å²) in [6.07, 6.45) is 2.88. The fourth-order valence-electron chi connectivity index (χ4n) is 0.501. The molecule has 0 aliphatic heterocycles. The molecule has 0 unspecified atom stereocenters. The second kappa shape index (κ2) is 2.45. The molecular formula is C5H4N4S. The molecular weight excluding hydrogens is 148 g/mol. The summed E-state index contributed by atoms with van der Waals surface area (Å²) in [5.74, 6) is 0. The summed E-state index contributed by atoms with van der Waals surface area (Å²) in [6.45, 7) is 0. The minimum absolute atomic E-state index is 0.140. The molecule has 0 fully saturated rings. The topological polar surface area (TPSA) is 67.6 Å². The Morgan fingerprint density at radius 2 is 2.60 bits per heavy atom. The average Bonchev–Trinajstić information content (AvgIpc) is 2.34. The third-order valence-electron chi connectivity index (χ3n) is 0.937. The summed E-state index contributed by atoms with van der Waals surface area (Å²) < 4.78 is 1.27. The van der Waals surface area contributed by atoms with E-state index in [1.54, 1.807) is 0 Å². The molecule has 5 heteroatoms. The maximum absolute atomic E-state index is 8.35. The summed E-state index contributed by atoms with van der Waals surface area (Å²) in [4.78, 5) is 0. The van der Waals surface area contributed by atoms with Crippen LogP contribution in [0, 0.1) is 11.3 Å². The summed E-state index contributed by atoms with van der Waals surface area (Å²) in [5, 5.41) is 12.2. The van der Waals surface area contributed by atoms with E-state index in [0.717, 1.165) is 0 Å². The number of nitrogens with zero attached hydrogens (tertiary/aromatic N) is 3. The summed E-state index contributed by atoms with van der Waals surface area (Å²) in [5.41, 5.74) is 5.66. The van der Waals surface area contributed by atoms with E-state index in [0.29, 0.717) is 5.56 Å². The summed E-state index contributed by atoms with van der Waals surface area (Å²) >= 11 is 4.59. The third kappa shape index (κ3) is 1.11. The fourth-order valence-corrected chi connectivity index (χ4v) is 0.601. The molecule has 0 atom stereocenters. The van der Waals surface area contributed by atoms with Gasteiger partial charge in [0.25, 0.3) is 0 Å². The first-order chi connectivity index (χ1) is 4.74. The molecule has 0 saturated carbocycles. The first kappa shape index (κ1) is 6.71. The van der Waals surface area contributed by atoms with Crippen molar-refractivity contribution in [3.8, 4) is 6.07 Å². The second-order valence-electron chi connectivity index (χ2n) is 1.62. The predicted molar refractivity (Wildman–Crippen MR) is 39.1 cm³/mol. The zero-order valence-electron chi connectivity index (χ0n) is 4.98. The molecule has 0 aliphatic rings. The maximum atomic E-state index is 8.35. The SMILES string of the molecule is N#Cc1cnn(C(N)=S)c1. The van der Waals surface area contributed by atoms with Gasteiger partial charge in [0.2, 0.25) is 0 Å². The fraction of sp³-hybridized carbons (Fsp3) is 0. The van der Waals surface area contributed by atoms with Crippen molar-refractivity contribution in [2.24, 2.45) is 5.73 Å². The predicted octanol–water partition coefficient (Wildman–Crippen LogP) is -0.154. The minimum atomic E-state index is 0.140. The van der Waals surface area contributed by atoms with E-state index in [-0.39, 0.29) is 5.11 Å². The van der Waals surface area contributed by atoms with Crippen LogP contribution in [0.3, 0.4) is 0 Å². The van der Waals surface area contributed by atoms with Gasteiger partial charge in [-0.05, 0) is 12.2 Å². The van der Waals surface area contributed by atoms with Crippen LogP contribution in [-0.4, -0.2) is 14.9 Å². The van der Waals surface area contributed by atoms with Gasteiger partial charge in [-0.3, -0.25) is 0 Å². The molecule has 0 saturated heterocycles. The lowest BCUT2D eigenvalue weighted by Crippen LogP contribution is -2.19. The standard InChI is InChI=1S/C5H4N4S/c6-1-4-2-8-9(3-4)5(7)10/h2-3H,(H2,7,10). The maximum Gasteiger partial charge on any atom is 0.191 e. The minimum Gasteiger partial charge on any atom is -0.374 e. The van der Waals surface area contributed by atoms with Crippen LogP contribution >= 0.6 is 12.2 Å². The van der Waals surface area contributed by atoms with Crippen LogP contribution < -0.4 is 5.73 Å². The van der Waals surface area contributed by atoms with Crippen molar-refractivity contribution in [3.05, 3.63) is 18.0 Å². The smallest absolute Gasteiger partial charge is 0.191 e. The highest BCUT2D eigenvalue weighted by Gasteiger charge is 1.96. The molecule has 1 heterocycles. The average molecular weight is 152 g/mol. The van der Waals surface area contributed by atoms with Crippen LogP contribution in [0.5, 0.6) is 0 Å². The number of thiocarbonyl (C=S) groups is 1. The van der Waals surface area contributed by atoms with E-state index in [4.69, 9.17) is 11.0 Å². The molecule has 0 spiro atoms. The highest BCUT2D eigenvalue weighted by molar-refractivity contribution is 7.80. The molecule has 2 N–H and O–H groups in total. The monoisotopic (exact) mass is 152 g/mol. The van der Waals surface area contributed by atoms with Crippen molar-refractivity contribution < 1.29 is 0 Å². The summed E-state index contributed by atoms with van der Waals surface area (Å²) in [7, 11) is 0. The molecule has 10 heavy (non-hydrogen) atoms. The molecule has 1 aromatic rings. The van der Waals surface area contributed by atoms with E-state index in [1.165, 1.54) is 17.1 Å². The molecule has 1 rings (SSSR count). The lowest BCUT2D eigenvalue weighted by atomic mass is 10.4. The lowest BCUT2D eigenvalue weighted by molar-refractivity contribution is 0.940. The number of aromatic nitrogens is 2. The van der Waals surface area contributed by atoms with Crippen LogP contribution in [0.15, 0.2) is 12.4 Å². The molecule has 0 aromatic carbocycles. The van der Waals surface area contributed by atoms with Gasteiger partial charge in [-0.1, -0.05) is 0 Å². The van der Waals surface area contributed by atoms with Crippen molar-refractivity contribution in [3.63, 3.8) is 0 Å². The van der Waals surface area contributed by atoms with E-state index in [9.17, 15) is 0 Å². The van der Waals surface area contributed by atoms with Crippen LogP contribution in [0.1, 0.15) is 5.56 Å². The van der Waals surface area contributed by atoms with E-state index in [2.05, 4.69) is 17.3 Å². The van der Waals surface area contributed by atoms with Crippen LogP contribution in [0.25, 0.3) is 0 Å². The van der Waals surface area contributed by atoms with Gasteiger partial charge in [0.05, 0.1) is 18.0 Å².